The second-order valence-corrected chi connectivity index (χ2v) is 4.86. The zero-order valence-electron chi connectivity index (χ0n) is 11.4. The van der Waals surface area contributed by atoms with E-state index in [1.54, 1.807) is 12.1 Å². The SMILES string of the molecule is O=C(O)c1ccc2c(ccn2CC=Cc2ccccc2)c1. The van der Waals surface area contributed by atoms with Gasteiger partial charge in [0, 0.05) is 23.6 Å². The van der Waals surface area contributed by atoms with Gasteiger partial charge in [0.2, 0.25) is 0 Å². The van der Waals surface area contributed by atoms with Gasteiger partial charge < -0.3 is 9.67 Å². The second-order valence-electron chi connectivity index (χ2n) is 4.86. The van der Waals surface area contributed by atoms with Crippen LogP contribution >= 0.6 is 0 Å². The Bertz CT molecular complexity index is 800. The first-order chi connectivity index (χ1) is 10.2. The normalized spacial score (nSPS) is 11.2. The maximum atomic E-state index is 11.0. The van der Waals surface area contributed by atoms with Crippen molar-refractivity contribution < 1.29 is 9.90 Å². The summed E-state index contributed by atoms with van der Waals surface area (Å²) in [5.74, 6) is -0.895. The summed E-state index contributed by atoms with van der Waals surface area (Å²) in [6.07, 6.45) is 6.16. The van der Waals surface area contributed by atoms with Crippen molar-refractivity contribution in [2.45, 2.75) is 6.54 Å². The molecule has 1 aromatic heterocycles. The fourth-order valence-electron chi connectivity index (χ4n) is 2.36. The molecule has 3 aromatic rings. The summed E-state index contributed by atoms with van der Waals surface area (Å²) in [4.78, 5) is 11.0. The number of benzene rings is 2. The molecule has 2 aromatic carbocycles. The first-order valence-electron chi connectivity index (χ1n) is 6.78. The Labute approximate surface area is 122 Å². The molecule has 0 radical (unpaired) electrons. The summed E-state index contributed by atoms with van der Waals surface area (Å²) < 4.78 is 2.10. The van der Waals surface area contributed by atoms with Crippen molar-refractivity contribution in [3.8, 4) is 0 Å². The van der Waals surface area contributed by atoms with Gasteiger partial charge in [-0.2, -0.15) is 0 Å². The first-order valence-corrected chi connectivity index (χ1v) is 6.78. The fraction of sp³-hybridized carbons (Fsp3) is 0.0556. The van der Waals surface area contributed by atoms with E-state index in [-0.39, 0.29) is 0 Å². The number of carboxylic acids is 1. The van der Waals surface area contributed by atoms with Crippen molar-refractivity contribution in [2.75, 3.05) is 0 Å². The van der Waals surface area contributed by atoms with Crippen LogP contribution in [0.1, 0.15) is 15.9 Å². The Hall–Kier alpha value is -2.81. The maximum absolute atomic E-state index is 11.0. The van der Waals surface area contributed by atoms with E-state index in [1.165, 1.54) is 5.56 Å². The van der Waals surface area contributed by atoms with Crippen molar-refractivity contribution >= 4 is 22.9 Å². The van der Waals surface area contributed by atoms with E-state index in [2.05, 4.69) is 28.9 Å². The average molecular weight is 277 g/mol. The third kappa shape index (κ3) is 2.87. The molecule has 0 saturated heterocycles. The molecule has 0 atom stereocenters. The lowest BCUT2D eigenvalue weighted by molar-refractivity contribution is 0.0697. The Morgan fingerprint density at radius 2 is 1.90 bits per heavy atom. The van der Waals surface area contributed by atoms with Gasteiger partial charge >= 0.3 is 5.97 Å². The van der Waals surface area contributed by atoms with Gasteiger partial charge in [-0.25, -0.2) is 4.79 Å². The van der Waals surface area contributed by atoms with Crippen LogP contribution in [0, 0.1) is 0 Å². The third-order valence-electron chi connectivity index (χ3n) is 3.43. The Morgan fingerprint density at radius 1 is 1.10 bits per heavy atom. The molecular formula is C18H15NO2. The van der Waals surface area contributed by atoms with E-state index in [1.807, 2.05) is 36.5 Å². The zero-order valence-corrected chi connectivity index (χ0v) is 11.4. The highest BCUT2D eigenvalue weighted by Crippen LogP contribution is 2.18. The molecule has 0 spiro atoms. The zero-order chi connectivity index (χ0) is 14.7. The molecule has 1 heterocycles. The second kappa shape index (κ2) is 5.67. The number of nitrogens with zero attached hydrogens (tertiary/aromatic N) is 1. The molecule has 104 valence electrons. The molecule has 0 unspecified atom stereocenters. The molecule has 0 aliphatic rings. The maximum Gasteiger partial charge on any atom is 0.335 e. The molecule has 1 N–H and O–H groups in total. The van der Waals surface area contributed by atoms with E-state index in [0.717, 1.165) is 17.4 Å². The molecule has 0 bridgehead atoms. The van der Waals surface area contributed by atoms with E-state index in [9.17, 15) is 4.79 Å². The van der Waals surface area contributed by atoms with Gasteiger partial charge in [-0.05, 0) is 29.8 Å². The molecular weight excluding hydrogens is 262 g/mol. The first kappa shape index (κ1) is 13.2. The number of allylic oxidation sites excluding steroid dienone is 1. The van der Waals surface area contributed by atoms with Gasteiger partial charge in [0.1, 0.15) is 0 Å². The van der Waals surface area contributed by atoms with Crippen molar-refractivity contribution in [1.29, 1.82) is 0 Å². The van der Waals surface area contributed by atoms with Crippen LogP contribution < -0.4 is 0 Å². The smallest absolute Gasteiger partial charge is 0.335 e. The predicted octanol–water partition coefficient (Wildman–Crippen LogP) is 4.05. The fourth-order valence-corrected chi connectivity index (χ4v) is 2.36. The van der Waals surface area contributed by atoms with E-state index in [4.69, 9.17) is 5.11 Å². The molecule has 21 heavy (non-hydrogen) atoms. The van der Waals surface area contributed by atoms with Crippen LogP contribution in [0.3, 0.4) is 0 Å². The molecule has 3 heteroatoms. The monoisotopic (exact) mass is 277 g/mol. The topological polar surface area (TPSA) is 42.2 Å². The molecule has 0 aliphatic heterocycles. The van der Waals surface area contributed by atoms with Crippen LogP contribution in [0.25, 0.3) is 17.0 Å². The van der Waals surface area contributed by atoms with Crippen LogP contribution in [0.5, 0.6) is 0 Å². The van der Waals surface area contributed by atoms with Crippen LogP contribution in [0.4, 0.5) is 0 Å². The average Bonchev–Trinajstić information content (AvgIpc) is 2.91. The number of aromatic nitrogens is 1. The number of hydrogen-bond donors (Lipinski definition) is 1. The van der Waals surface area contributed by atoms with Crippen LogP contribution in [0.2, 0.25) is 0 Å². The summed E-state index contributed by atoms with van der Waals surface area (Å²) >= 11 is 0. The highest BCUT2D eigenvalue weighted by atomic mass is 16.4. The lowest BCUT2D eigenvalue weighted by Crippen LogP contribution is -1.96. The van der Waals surface area contributed by atoms with Gasteiger partial charge in [0.05, 0.1) is 5.56 Å². The number of aromatic carboxylic acids is 1. The van der Waals surface area contributed by atoms with E-state index in [0.29, 0.717) is 5.56 Å². The number of rotatable bonds is 4. The van der Waals surface area contributed by atoms with E-state index < -0.39 is 5.97 Å². The van der Waals surface area contributed by atoms with Crippen LogP contribution in [0.15, 0.2) is 66.9 Å². The van der Waals surface area contributed by atoms with Crippen molar-refractivity contribution in [3.05, 3.63) is 78.0 Å². The summed E-state index contributed by atoms with van der Waals surface area (Å²) in [5.41, 5.74) is 2.53. The van der Waals surface area contributed by atoms with Gasteiger partial charge in [-0.15, -0.1) is 0 Å². The van der Waals surface area contributed by atoms with Crippen molar-refractivity contribution in [1.82, 2.24) is 4.57 Å². The molecule has 0 amide bonds. The number of carboxylic acid groups (broad SMARTS) is 1. The van der Waals surface area contributed by atoms with Crippen LogP contribution in [-0.4, -0.2) is 15.6 Å². The highest BCUT2D eigenvalue weighted by Gasteiger charge is 2.05. The molecule has 3 rings (SSSR count). The molecule has 0 saturated carbocycles. The van der Waals surface area contributed by atoms with Gasteiger partial charge in [0.25, 0.3) is 0 Å². The molecule has 0 aliphatic carbocycles. The van der Waals surface area contributed by atoms with Crippen molar-refractivity contribution in [3.63, 3.8) is 0 Å². The van der Waals surface area contributed by atoms with Crippen LogP contribution in [-0.2, 0) is 6.54 Å². The van der Waals surface area contributed by atoms with Crippen molar-refractivity contribution in [2.24, 2.45) is 0 Å². The predicted molar refractivity (Wildman–Crippen MR) is 84.4 cm³/mol. The summed E-state index contributed by atoms with van der Waals surface area (Å²) in [6, 6.07) is 17.3. The lowest BCUT2D eigenvalue weighted by atomic mass is 10.1. The summed E-state index contributed by atoms with van der Waals surface area (Å²) in [7, 11) is 0. The lowest BCUT2D eigenvalue weighted by Gasteiger charge is -2.02. The summed E-state index contributed by atoms with van der Waals surface area (Å²) in [5, 5.41) is 9.95. The minimum Gasteiger partial charge on any atom is -0.478 e. The number of carbonyl (C=O) groups is 1. The Morgan fingerprint density at radius 3 is 2.67 bits per heavy atom. The van der Waals surface area contributed by atoms with Gasteiger partial charge in [-0.3, -0.25) is 0 Å². The quantitative estimate of drug-likeness (QED) is 0.781. The van der Waals surface area contributed by atoms with E-state index >= 15 is 0 Å². The largest absolute Gasteiger partial charge is 0.478 e. The van der Waals surface area contributed by atoms with Gasteiger partial charge in [-0.1, -0.05) is 42.5 Å². The van der Waals surface area contributed by atoms with Gasteiger partial charge in [0.15, 0.2) is 0 Å². The molecule has 0 fully saturated rings. The third-order valence-corrected chi connectivity index (χ3v) is 3.43. The minimum atomic E-state index is -0.895. The highest BCUT2D eigenvalue weighted by molar-refractivity contribution is 5.93. The molecule has 3 nitrogen and oxygen atoms in total. The standard InChI is InChI=1S/C18H15NO2/c20-18(21)16-8-9-17-15(13-16)10-12-19(17)11-4-7-14-5-2-1-3-6-14/h1-10,12-13H,11H2,(H,20,21). The summed E-state index contributed by atoms with van der Waals surface area (Å²) in [6.45, 7) is 0.755. The minimum absolute atomic E-state index is 0.320. The Kier molecular flexibility index (Phi) is 3.56. The number of fused-ring (bicyclic) bond motifs is 1. The number of hydrogen-bond acceptors (Lipinski definition) is 1. The Balaban J connectivity index is 1.82.